The number of hydrogen-bond donors (Lipinski definition) is 0. The minimum atomic E-state index is -0.293. The van der Waals surface area contributed by atoms with Gasteiger partial charge in [-0.3, -0.25) is 0 Å². The van der Waals surface area contributed by atoms with E-state index in [-0.39, 0.29) is 12.1 Å². The molecular formula is C23H29FN2O. The summed E-state index contributed by atoms with van der Waals surface area (Å²) < 4.78 is 22.4. The van der Waals surface area contributed by atoms with Crippen molar-refractivity contribution in [3.8, 4) is 0 Å². The molecule has 3 nitrogen and oxygen atoms in total. The van der Waals surface area contributed by atoms with E-state index in [0.717, 1.165) is 37.1 Å². The number of halogens is 1. The van der Waals surface area contributed by atoms with Gasteiger partial charge in [-0.2, -0.15) is 5.10 Å². The number of rotatable bonds is 4. The highest BCUT2D eigenvalue weighted by atomic mass is 19.1. The standard InChI is InChI=1S/C23H29FN2O/c1-17-15-22(25-26(17)23-9-5-6-14-27-23)21(24)16-18-10-12-20(13-11-18)19-7-3-2-4-8-19/h10-13,15-16,19,23H,2-9,14H2,1H3. The maximum absolute atomic E-state index is 14.8. The molecule has 0 radical (unpaired) electrons. The van der Waals surface area contributed by atoms with Crippen LogP contribution in [-0.2, 0) is 4.74 Å². The highest BCUT2D eigenvalue weighted by Crippen LogP contribution is 2.33. The van der Waals surface area contributed by atoms with Crippen LogP contribution in [0.25, 0.3) is 11.9 Å². The molecule has 27 heavy (non-hydrogen) atoms. The Morgan fingerprint density at radius 1 is 1.07 bits per heavy atom. The maximum atomic E-state index is 14.8. The van der Waals surface area contributed by atoms with E-state index in [4.69, 9.17) is 4.74 Å². The Kier molecular flexibility index (Phi) is 5.72. The lowest BCUT2D eigenvalue weighted by Gasteiger charge is -2.23. The summed E-state index contributed by atoms with van der Waals surface area (Å²) in [5.74, 6) is 0.383. The van der Waals surface area contributed by atoms with E-state index in [1.165, 1.54) is 37.7 Å². The van der Waals surface area contributed by atoms with Gasteiger partial charge in [-0.25, -0.2) is 9.07 Å². The van der Waals surface area contributed by atoms with Crippen LogP contribution >= 0.6 is 0 Å². The van der Waals surface area contributed by atoms with Crippen molar-refractivity contribution in [2.24, 2.45) is 0 Å². The molecule has 0 spiro atoms. The van der Waals surface area contributed by atoms with Crippen LogP contribution in [0.15, 0.2) is 30.3 Å². The topological polar surface area (TPSA) is 27.1 Å². The molecule has 0 bridgehead atoms. The number of ether oxygens (including phenoxy) is 1. The van der Waals surface area contributed by atoms with Gasteiger partial charge >= 0.3 is 0 Å². The third-order valence-corrected chi connectivity index (χ3v) is 5.90. The highest BCUT2D eigenvalue weighted by molar-refractivity contribution is 5.75. The third-order valence-electron chi connectivity index (χ3n) is 5.90. The van der Waals surface area contributed by atoms with Crippen LogP contribution in [0.1, 0.15) is 86.0 Å². The van der Waals surface area contributed by atoms with E-state index in [9.17, 15) is 4.39 Å². The summed E-state index contributed by atoms with van der Waals surface area (Å²) >= 11 is 0. The fourth-order valence-electron chi connectivity index (χ4n) is 4.33. The Morgan fingerprint density at radius 2 is 1.81 bits per heavy atom. The monoisotopic (exact) mass is 368 g/mol. The predicted octanol–water partition coefficient (Wildman–Crippen LogP) is 6.41. The van der Waals surface area contributed by atoms with Crippen LogP contribution in [0.2, 0.25) is 0 Å². The van der Waals surface area contributed by atoms with Gasteiger partial charge in [0, 0.05) is 12.3 Å². The zero-order chi connectivity index (χ0) is 18.6. The van der Waals surface area contributed by atoms with Crippen LogP contribution in [0, 0.1) is 6.92 Å². The van der Waals surface area contributed by atoms with E-state index < -0.39 is 0 Å². The zero-order valence-electron chi connectivity index (χ0n) is 16.2. The first-order valence-electron chi connectivity index (χ1n) is 10.4. The van der Waals surface area contributed by atoms with Gasteiger partial charge in [0.05, 0.1) is 0 Å². The van der Waals surface area contributed by atoms with E-state index in [1.807, 2.05) is 23.7 Å². The summed E-state index contributed by atoms with van der Waals surface area (Å²) in [6.45, 7) is 2.71. The van der Waals surface area contributed by atoms with E-state index in [1.54, 1.807) is 12.1 Å². The van der Waals surface area contributed by atoms with Crippen molar-refractivity contribution >= 4 is 11.9 Å². The molecule has 0 amide bonds. The SMILES string of the molecule is Cc1cc(C(F)=Cc2ccc(C3CCCCC3)cc2)nn1C1CCCCO1. The van der Waals surface area contributed by atoms with Gasteiger partial charge in [0.15, 0.2) is 5.83 Å². The average Bonchev–Trinajstić information content (AvgIpc) is 3.12. The molecular weight excluding hydrogens is 339 g/mol. The molecule has 1 aromatic heterocycles. The van der Waals surface area contributed by atoms with E-state index in [0.29, 0.717) is 11.6 Å². The molecule has 0 N–H and O–H groups in total. The van der Waals surface area contributed by atoms with Crippen molar-refractivity contribution in [3.05, 3.63) is 52.8 Å². The van der Waals surface area contributed by atoms with Gasteiger partial charge in [-0.15, -0.1) is 0 Å². The highest BCUT2D eigenvalue weighted by Gasteiger charge is 2.20. The second-order valence-corrected chi connectivity index (χ2v) is 7.93. The van der Waals surface area contributed by atoms with Gasteiger partial charge in [-0.1, -0.05) is 43.5 Å². The van der Waals surface area contributed by atoms with Crippen molar-refractivity contribution in [1.29, 1.82) is 0 Å². The molecule has 2 heterocycles. The second kappa shape index (κ2) is 8.39. The molecule has 2 aliphatic rings. The maximum Gasteiger partial charge on any atom is 0.151 e. The summed E-state index contributed by atoms with van der Waals surface area (Å²) in [5, 5.41) is 4.47. The molecule has 1 aliphatic heterocycles. The summed E-state index contributed by atoms with van der Waals surface area (Å²) in [5.41, 5.74) is 3.60. The summed E-state index contributed by atoms with van der Waals surface area (Å²) in [7, 11) is 0. The Bertz CT molecular complexity index is 781. The van der Waals surface area contributed by atoms with E-state index >= 15 is 0 Å². The zero-order valence-corrected chi connectivity index (χ0v) is 16.2. The Hall–Kier alpha value is -1.94. The lowest BCUT2D eigenvalue weighted by Crippen LogP contribution is -2.20. The van der Waals surface area contributed by atoms with Crippen LogP contribution < -0.4 is 0 Å². The van der Waals surface area contributed by atoms with Crippen molar-refractivity contribution in [1.82, 2.24) is 9.78 Å². The molecule has 144 valence electrons. The first-order valence-corrected chi connectivity index (χ1v) is 10.4. The Labute approximate surface area is 161 Å². The largest absolute Gasteiger partial charge is 0.357 e. The molecule has 1 saturated carbocycles. The number of benzene rings is 1. The normalized spacial score (nSPS) is 22.1. The summed E-state index contributed by atoms with van der Waals surface area (Å²) in [6, 6.07) is 10.2. The fraction of sp³-hybridized carbons (Fsp3) is 0.522. The molecule has 1 aromatic carbocycles. The molecule has 2 fully saturated rings. The Balaban J connectivity index is 1.48. The first-order chi connectivity index (χ1) is 13.2. The molecule has 1 atom stereocenters. The van der Waals surface area contributed by atoms with Crippen molar-refractivity contribution in [3.63, 3.8) is 0 Å². The van der Waals surface area contributed by atoms with Gasteiger partial charge in [-0.05, 0) is 68.2 Å². The van der Waals surface area contributed by atoms with Crippen LogP contribution in [0.4, 0.5) is 4.39 Å². The van der Waals surface area contributed by atoms with Crippen LogP contribution in [0.3, 0.4) is 0 Å². The van der Waals surface area contributed by atoms with Crippen molar-refractivity contribution in [2.75, 3.05) is 6.61 Å². The molecule has 4 rings (SSSR count). The summed E-state index contributed by atoms with van der Waals surface area (Å²) in [6.07, 6.45) is 11.3. The molecule has 1 unspecified atom stereocenters. The fourth-order valence-corrected chi connectivity index (χ4v) is 4.33. The average molecular weight is 368 g/mol. The smallest absolute Gasteiger partial charge is 0.151 e. The minimum Gasteiger partial charge on any atom is -0.357 e. The van der Waals surface area contributed by atoms with Gasteiger partial charge in [0.2, 0.25) is 0 Å². The minimum absolute atomic E-state index is 0.0601. The Morgan fingerprint density at radius 3 is 2.52 bits per heavy atom. The first kappa shape index (κ1) is 18.4. The van der Waals surface area contributed by atoms with Crippen LogP contribution in [-0.4, -0.2) is 16.4 Å². The molecule has 4 heteroatoms. The predicted molar refractivity (Wildman–Crippen MR) is 107 cm³/mol. The van der Waals surface area contributed by atoms with Gasteiger partial charge in [0.25, 0.3) is 0 Å². The molecule has 1 saturated heterocycles. The number of aryl methyl sites for hydroxylation is 1. The van der Waals surface area contributed by atoms with Crippen molar-refractivity contribution < 1.29 is 9.13 Å². The third kappa shape index (κ3) is 4.32. The van der Waals surface area contributed by atoms with Gasteiger partial charge < -0.3 is 4.74 Å². The van der Waals surface area contributed by atoms with Crippen molar-refractivity contribution in [2.45, 2.75) is 70.4 Å². The lowest BCUT2D eigenvalue weighted by atomic mass is 9.84. The number of hydrogen-bond acceptors (Lipinski definition) is 2. The lowest BCUT2D eigenvalue weighted by molar-refractivity contribution is -0.0407. The number of aromatic nitrogens is 2. The number of nitrogens with zero attached hydrogens (tertiary/aromatic N) is 2. The van der Waals surface area contributed by atoms with Gasteiger partial charge in [0.1, 0.15) is 11.9 Å². The summed E-state index contributed by atoms with van der Waals surface area (Å²) in [4.78, 5) is 0. The quantitative estimate of drug-likeness (QED) is 0.624. The molecule has 1 aliphatic carbocycles. The second-order valence-electron chi connectivity index (χ2n) is 7.93. The van der Waals surface area contributed by atoms with E-state index in [2.05, 4.69) is 17.2 Å². The molecule has 2 aromatic rings. The van der Waals surface area contributed by atoms with Crippen LogP contribution in [0.5, 0.6) is 0 Å².